The summed E-state index contributed by atoms with van der Waals surface area (Å²) in [5, 5.41) is 8.41. The summed E-state index contributed by atoms with van der Waals surface area (Å²) >= 11 is 0. The highest BCUT2D eigenvalue weighted by Gasteiger charge is 2.16. The molecule has 0 radical (unpaired) electrons. The van der Waals surface area contributed by atoms with E-state index in [1.165, 1.54) is 0 Å². The highest BCUT2D eigenvalue weighted by molar-refractivity contribution is 5.96. The van der Waals surface area contributed by atoms with Gasteiger partial charge < -0.3 is 5.11 Å². The van der Waals surface area contributed by atoms with Gasteiger partial charge in [0.25, 0.3) is 0 Å². The first-order chi connectivity index (χ1) is 4.27. The third-order valence-corrected chi connectivity index (χ3v) is 1.43. The second-order valence-corrected chi connectivity index (χ2v) is 2.10. The van der Waals surface area contributed by atoms with Crippen LogP contribution in [0.5, 0.6) is 0 Å². The van der Waals surface area contributed by atoms with Crippen LogP contribution in [0.1, 0.15) is 10.4 Å². The molecule has 2 rings (SSSR count). The van der Waals surface area contributed by atoms with E-state index in [0.717, 1.165) is 11.1 Å². The lowest BCUT2D eigenvalue weighted by atomic mass is 10.3. The first-order valence-electron chi connectivity index (χ1n) is 2.66. The fourth-order valence-electron chi connectivity index (χ4n) is 0.882. The van der Waals surface area contributed by atoms with E-state index in [1.54, 1.807) is 12.1 Å². The fraction of sp³-hybridized carbons (Fsp3) is 0. The maximum absolute atomic E-state index is 10.2. The van der Waals surface area contributed by atoms with E-state index >= 15 is 0 Å². The Balaban J connectivity index is 2.49. The van der Waals surface area contributed by atoms with Gasteiger partial charge >= 0.3 is 5.97 Å². The van der Waals surface area contributed by atoms with Crippen molar-refractivity contribution in [3.63, 3.8) is 0 Å². The zero-order valence-electron chi connectivity index (χ0n) is 4.59. The number of aromatic carboxylic acids is 1. The molecule has 2 aliphatic rings. The maximum atomic E-state index is 10.2. The summed E-state index contributed by atoms with van der Waals surface area (Å²) < 4.78 is 0. The largest absolute Gasteiger partial charge is 0.478 e. The van der Waals surface area contributed by atoms with Gasteiger partial charge in [-0.1, -0.05) is 0 Å². The number of rotatable bonds is 1. The van der Waals surface area contributed by atoms with Gasteiger partial charge in [0.1, 0.15) is 0 Å². The van der Waals surface area contributed by atoms with Crippen molar-refractivity contribution in [3.05, 3.63) is 23.8 Å². The van der Waals surface area contributed by atoms with Crippen LogP contribution in [0.25, 0.3) is 11.1 Å². The van der Waals surface area contributed by atoms with Gasteiger partial charge in [0.2, 0.25) is 0 Å². The second kappa shape index (κ2) is 1.16. The standard InChI is InChI=1S/C7H4O2/c8-7(9)6-2-4-1-5(4)3-6/h1-3H,(H,8,9). The van der Waals surface area contributed by atoms with Crippen molar-refractivity contribution in [2.24, 2.45) is 0 Å². The van der Waals surface area contributed by atoms with Crippen LogP contribution in [-0.4, -0.2) is 11.1 Å². The number of benzene rings is 1. The van der Waals surface area contributed by atoms with Gasteiger partial charge in [-0.05, 0) is 29.3 Å². The molecule has 0 unspecified atom stereocenters. The number of hydrogen-bond acceptors (Lipinski definition) is 1. The topological polar surface area (TPSA) is 37.3 Å². The van der Waals surface area contributed by atoms with E-state index in [2.05, 4.69) is 0 Å². The third-order valence-electron chi connectivity index (χ3n) is 1.43. The fourth-order valence-corrected chi connectivity index (χ4v) is 0.882. The van der Waals surface area contributed by atoms with Crippen molar-refractivity contribution in [1.29, 1.82) is 0 Å². The quantitative estimate of drug-likeness (QED) is 0.617. The molecule has 0 atom stereocenters. The molecule has 2 nitrogen and oxygen atoms in total. The number of hydrogen-bond donors (Lipinski definition) is 1. The van der Waals surface area contributed by atoms with Gasteiger partial charge in [-0.25, -0.2) is 4.79 Å². The highest BCUT2D eigenvalue weighted by atomic mass is 16.4. The molecule has 0 bridgehead atoms. The van der Waals surface area contributed by atoms with Crippen LogP contribution in [0, 0.1) is 0 Å². The van der Waals surface area contributed by atoms with Crippen LogP contribution in [0.15, 0.2) is 18.2 Å². The van der Waals surface area contributed by atoms with Crippen molar-refractivity contribution in [2.75, 3.05) is 0 Å². The summed E-state index contributed by atoms with van der Waals surface area (Å²) in [6.45, 7) is 0. The van der Waals surface area contributed by atoms with Gasteiger partial charge in [0.05, 0.1) is 5.56 Å². The van der Waals surface area contributed by atoms with E-state index < -0.39 is 5.97 Å². The van der Waals surface area contributed by atoms with E-state index in [0.29, 0.717) is 5.56 Å². The minimum Gasteiger partial charge on any atom is -0.478 e. The Labute approximate surface area is 51.7 Å². The van der Waals surface area contributed by atoms with Gasteiger partial charge in [-0.3, -0.25) is 0 Å². The van der Waals surface area contributed by atoms with Crippen molar-refractivity contribution in [3.8, 4) is 11.1 Å². The summed E-state index contributed by atoms with van der Waals surface area (Å²) in [4.78, 5) is 10.2. The molecular formula is C7H4O2. The minimum absolute atomic E-state index is 0.405. The van der Waals surface area contributed by atoms with Crippen LogP contribution in [0.2, 0.25) is 0 Å². The van der Waals surface area contributed by atoms with Crippen LogP contribution in [-0.2, 0) is 0 Å². The Hall–Kier alpha value is -1.31. The van der Waals surface area contributed by atoms with Gasteiger partial charge in [0.15, 0.2) is 0 Å². The van der Waals surface area contributed by atoms with Crippen molar-refractivity contribution in [1.82, 2.24) is 0 Å². The molecule has 2 heteroatoms. The Bertz CT molecular complexity index is 269. The Morgan fingerprint density at radius 2 is 1.78 bits per heavy atom. The summed E-state index contributed by atoms with van der Waals surface area (Å²) in [7, 11) is 0. The number of carbonyl (C=O) groups is 1. The summed E-state index contributed by atoms with van der Waals surface area (Å²) in [6, 6.07) is 5.31. The van der Waals surface area contributed by atoms with Gasteiger partial charge in [-0.2, -0.15) is 0 Å². The van der Waals surface area contributed by atoms with E-state index in [4.69, 9.17) is 5.11 Å². The zero-order valence-corrected chi connectivity index (χ0v) is 4.59. The molecule has 0 heterocycles. The van der Waals surface area contributed by atoms with E-state index in [9.17, 15) is 4.79 Å². The molecule has 0 aromatic heterocycles. The average molecular weight is 120 g/mol. The van der Waals surface area contributed by atoms with Crippen LogP contribution in [0.3, 0.4) is 0 Å². The molecule has 2 aliphatic carbocycles. The maximum Gasteiger partial charge on any atom is 0.335 e. The zero-order chi connectivity index (χ0) is 6.43. The average Bonchev–Trinajstić information content (AvgIpc) is 2.40. The molecule has 0 fully saturated rings. The van der Waals surface area contributed by atoms with Crippen molar-refractivity contribution < 1.29 is 9.90 Å². The number of fused-ring (bicyclic) bond motifs is 1. The van der Waals surface area contributed by atoms with E-state index in [1.807, 2.05) is 6.07 Å². The molecule has 0 spiro atoms. The first kappa shape index (κ1) is 4.56. The van der Waals surface area contributed by atoms with E-state index in [-0.39, 0.29) is 0 Å². The molecule has 0 saturated heterocycles. The molecule has 44 valence electrons. The van der Waals surface area contributed by atoms with Crippen LogP contribution >= 0.6 is 0 Å². The monoisotopic (exact) mass is 120 g/mol. The molecule has 0 saturated carbocycles. The molecule has 1 N–H and O–H groups in total. The Morgan fingerprint density at radius 3 is 2.11 bits per heavy atom. The number of carboxylic acids is 1. The van der Waals surface area contributed by atoms with Gasteiger partial charge in [-0.15, -0.1) is 0 Å². The minimum atomic E-state index is -0.837. The molecule has 0 aliphatic heterocycles. The number of carboxylic acid groups (broad SMARTS) is 1. The first-order valence-corrected chi connectivity index (χ1v) is 2.66. The SMILES string of the molecule is O=C(O)c1cc2cc-2c1. The lowest BCUT2D eigenvalue weighted by Gasteiger charge is -1.80. The highest BCUT2D eigenvalue weighted by Crippen LogP contribution is 2.35. The molecule has 0 aromatic rings. The van der Waals surface area contributed by atoms with Crippen molar-refractivity contribution >= 4 is 5.97 Å². The predicted octanol–water partition coefficient (Wildman–Crippen LogP) is 1.37. The van der Waals surface area contributed by atoms with Crippen molar-refractivity contribution in [2.45, 2.75) is 0 Å². The molecule has 0 aromatic carbocycles. The Kier molecular flexibility index (Phi) is 0.585. The summed E-state index contributed by atoms with van der Waals surface area (Å²) in [6.07, 6.45) is 0. The molecular weight excluding hydrogens is 116 g/mol. The Morgan fingerprint density at radius 1 is 1.22 bits per heavy atom. The smallest absolute Gasteiger partial charge is 0.335 e. The lowest BCUT2D eigenvalue weighted by Crippen LogP contribution is -1.91. The molecule has 9 heavy (non-hydrogen) atoms. The normalized spacial score (nSPS) is 11.1. The summed E-state index contributed by atoms with van der Waals surface area (Å²) in [5.41, 5.74) is 2.56. The second-order valence-electron chi connectivity index (χ2n) is 2.10. The predicted molar refractivity (Wildman–Crippen MR) is 32.4 cm³/mol. The van der Waals surface area contributed by atoms with Crippen LogP contribution < -0.4 is 0 Å². The lowest BCUT2D eigenvalue weighted by molar-refractivity contribution is 0.0697. The molecule has 0 amide bonds. The summed E-state index contributed by atoms with van der Waals surface area (Å²) in [5.74, 6) is -0.837. The van der Waals surface area contributed by atoms with Crippen LogP contribution in [0.4, 0.5) is 0 Å². The van der Waals surface area contributed by atoms with Gasteiger partial charge in [0, 0.05) is 0 Å². The third kappa shape index (κ3) is 0.528.